The van der Waals surface area contributed by atoms with E-state index < -0.39 is 5.91 Å². The van der Waals surface area contributed by atoms with Gasteiger partial charge in [-0.05, 0) is 24.4 Å². The third kappa shape index (κ3) is 2.25. The Labute approximate surface area is 97.1 Å². The molecule has 0 spiro atoms. The van der Waals surface area contributed by atoms with Crippen molar-refractivity contribution in [2.45, 2.75) is 18.9 Å². The monoisotopic (exact) mass is 242 g/mol. The summed E-state index contributed by atoms with van der Waals surface area (Å²) in [5, 5.41) is 3.91. The Morgan fingerprint density at radius 3 is 2.81 bits per heavy atom. The van der Waals surface area contributed by atoms with Gasteiger partial charge in [-0.25, -0.2) is 0 Å². The molecule has 7 heteroatoms. The van der Waals surface area contributed by atoms with Crippen LogP contribution in [-0.4, -0.2) is 29.5 Å². The van der Waals surface area contributed by atoms with Gasteiger partial charge in [-0.15, -0.1) is 0 Å². The standard InChI is InChI=1S/C9H14N4O2S/c10-7-6(8(11)14)9(16-13-7)12-5-1-3-15-4-2-5/h5,12H,1-4H2,(H2,10,13)(H2,11,14). The van der Waals surface area contributed by atoms with Gasteiger partial charge in [-0.2, -0.15) is 4.37 Å². The molecule has 0 atom stereocenters. The summed E-state index contributed by atoms with van der Waals surface area (Å²) in [7, 11) is 0. The number of anilines is 2. The maximum atomic E-state index is 11.2. The number of primary amides is 1. The lowest BCUT2D eigenvalue weighted by atomic mass is 10.1. The number of hydrogen-bond donors (Lipinski definition) is 3. The van der Waals surface area contributed by atoms with Crippen LogP contribution in [0.15, 0.2) is 0 Å². The van der Waals surface area contributed by atoms with E-state index in [0.717, 1.165) is 26.1 Å². The smallest absolute Gasteiger partial charge is 0.255 e. The normalized spacial score (nSPS) is 17.2. The fourth-order valence-corrected chi connectivity index (χ4v) is 2.46. The van der Waals surface area contributed by atoms with Crippen molar-refractivity contribution in [1.82, 2.24) is 4.37 Å². The Bertz CT molecular complexity index is 387. The molecule has 2 heterocycles. The number of nitrogens with one attached hydrogen (secondary N) is 1. The van der Waals surface area contributed by atoms with Gasteiger partial charge < -0.3 is 21.5 Å². The largest absolute Gasteiger partial charge is 0.382 e. The number of ether oxygens (including phenoxy) is 1. The highest BCUT2D eigenvalue weighted by Crippen LogP contribution is 2.28. The third-order valence-electron chi connectivity index (χ3n) is 2.52. The molecular formula is C9H14N4O2S. The molecular weight excluding hydrogens is 228 g/mol. The molecule has 6 nitrogen and oxygen atoms in total. The summed E-state index contributed by atoms with van der Waals surface area (Å²) in [4.78, 5) is 11.2. The first-order chi connectivity index (χ1) is 7.68. The quantitative estimate of drug-likeness (QED) is 0.712. The number of nitrogen functional groups attached to an aromatic ring is 1. The zero-order chi connectivity index (χ0) is 11.5. The van der Waals surface area contributed by atoms with Crippen LogP contribution in [0.2, 0.25) is 0 Å². The molecule has 1 aromatic rings. The first kappa shape index (κ1) is 11.2. The molecule has 0 aliphatic carbocycles. The summed E-state index contributed by atoms with van der Waals surface area (Å²) in [5.74, 6) is -0.340. The van der Waals surface area contributed by atoms with Crippen LogP contribution in [-0.2, 0) is 4.74 Å². The lowest BCUT2D eigenvalue weighted by Gasteiger charge is -2.23. The second kappa shape index (κ2) is 4.67. The van der Waals surface area contributed by atoms with Gasteiger partial charge in [-0.3, -0.25) is 4.79 Å². The summed E-state index contributed by atoms with van der Waals surface area (Å²) >= 11 is 1.17. The fraction of sp³-hybridized carbons (Fsp3) is 0.556. The van der Waals surface area contributed by atoms with Crippen LogP contribution < -0.4 is 16.8 Å². The average Bonchev–Trinajstić information content (AvgIpc) is 2.61. The van der Waals surface area contributed by atoms with Crippen molar-refractivity contribution in [3.63, 3.8) is 0 Å². The molecule has 1 fully saturated rings. The van der Waals surface area contributed by atoms with E-state index in [9.17, 15) is 4.79 Å². The highest BCUT2D eigenvalue weighted by Gasteiger charge is 2.20. The Balaban J connectivity index is 2.11. The molecule has 0 saturated carbocycles. The summed E-state index contributed by atoms with van der Waals surface area (Å²) < 4.78 is 9.18. The van der Waals surface area contributed by atoms with Gasteiger partial charge in [0.25, 0.3) is 5.91 Å². The van der Waals surface area contributed by atoms with Crippen LogP contribution >= 0.6 is 11.5 Å². The second-order valence-electron chi connectivity index (χ2n) is 3.67. The van der Waals surface area contributed by atoms with Crippen molar-refractivity contribution in [3.8, 4) is 0 Å². The van der Waals surface area contributed by atoms with Gasteiger partial charge in [0.1, 0.15) is 10.6 Å². The average molecular weight is 242 g/mol. The van der Waals surface area contributed by atoms with Crippen molar-refractivity contribution in [2.75, 3.05) is 24.3 Å². The Morgan fingerprint density at radius 2 is 2.19 bits per heavy atom. The summed E-state index contributed by atoms with van der Waals surface area (Å²) in [6.45, 7) is 1.47. The number of nitrogens with zero attached hydrogens (tertiary/aromatic N) is 1. The van der Waals surface area contributed by atoms with Gasteiger partial charge in [0, 0.05) is 19.3 Å². The second-order valence-corrected chi connectivity index (χ2v) is 4.44. The predicted octanol–water partition coefficient (Wildman–Crippen LogP) is 0.415. The van der Waals surface area contributed by atoms with E-state index in [1.807, 2.05) is 0 Å². The third-order valence-corrected chi connectivity index (χ3v) is 3.31. The van der Waals surface area contributed by atoms with Crippen LogP contribution in [0.5, 0.6) is 0 Å². The SMILES string of the molecule is NC(=O)c1c(N)nsc1NC1CCOCC1. The molecule has 2 rings (SSSR count). The molecule has 0 bridgehead atoms. The van der Waals surface area contributed by atoms with Crippen molar-refractivity contribution < 1.29 is 9.53 Å². The molecule has 5 N–H and O–H groups in total. The lowest BCUT2D eigenvalue weighted by molar-refractivity contribution is 0.0905. The van der Waals surface area contributed by atoms with Crippen molar-refractivity contribution in [1.29, 1.82) is 0 Å². The predicted molar refractivity (Wildman–Crippen MR) is 62.5 cm³/mol. The topological polar surface area (TPSA) is 103 Å². The van der Waals surface area contributed by atoms with E-state index >= 15 is 0 Å². The molecule has 1 saturated heterocycles. The van der Waals surface area contributed by atoms with Gasteiger partial charge in [0.05, 0.1) is 0 Å². The molecule has 1 aliphatic heterocycles. The highest BCUT2D eigenvalue weighted by atomic mass is 32.1. The molecule has 0 aromatic carbocycles. The van der Waals surface area contributed by atoms with E-state index in [0.29, 0.717) is 16.6 Å². The Morgan fingerprint density at radius 1 is 1.50 bits per heavy atom. The molecule has 1 aromatic heterocycles. The van der Waals surface area contributed by atoms with Crippen molar-refractivity contribution in [3.05, 3.63) is 5.56 Å². The maximum Gasteiger partial charge on any atom is 0.255 e. The van der Waals surface area contributed by atoms with Gasteiger partial charge in [0.2, 0.25) is 0 Å². The Hall–Kier alpha value is -1.34. The van der Waals surface area contributed by atoms with Gasteiger partial charge in [-0.1, -0.05) is 0 Å². The van der Waals surface area contributed by atoms with Gasteiger partial charge >= 0.3 is 0 Å². The van der Waals surface area contributed by atoms with E-state index in [2.05, 4.69) is 9.69 Å². The maximum absolute atomic E-state index is 11.2. The van der Waals surface area contributed by atoms with Crippen LogP contribution in [0.25, 0.3) is 0 Å². The first-order valence-electron chi connectivity index (χ1n) is 5.07. The van der Waals surface area contributed by atoms with Crippen LogP contribution in [0.4, 0.5) is 10.8 Å². The number of carbonyl (C=O) groups is 1. The summed E-state index contributed by atoms with van der Waals surface area (Å²) in [6, 6.07) is 0.298. The highest BCUT2D eigenvalue weighted by molar-refractivity contribution is 7.11. The zero-order valence-electron chi connectivity index (χ0n) is 8.73. The number of amides is 1. The van der Waals surface area contributed by atoms with Gasteiger partial charge in [0.15, 0.2) is 5.82 Å². The molecule has 16 heavy (non-hydrogen) atoms. The number of carbonyl (C=O) groups excluding carboxylic acids is 1. The minimum absolute atomic E-state index is 0.201. The van der Waals surface area contributed by atoms with Crippen LogP contribution in [0.1, 0.15) is 23.2 Å². The molecule has 0 unspecified atom stereocenters. The Kier molecular flexibility index (Phi) is 3.25. The molecule has 0 radical (unpaired) electrons. The first-order valence-corrected chi connectivity index (χ1v) is 5.85. The summed E-state index contributed by atoms with van der Waals surface area (Å²) in [6.07, 6.45) is 1.83. The molecule has 88 valence electrons. The number of hydrogen-bond acceptors (Lipinski definition) is 6. The zero-order valence-corrected chi connectivity index (χ0v) is 9.55. The molecule has 1 aliphatic rings. The van der Waals surface area contributed by atoms with Crippen LogP contribution in [0.3, 0.4) is 0 Å². The lowest BCUT2D eigenvalue weighted by Crippen LogP contribution is -2.28. The van der Waals surface area contributed by atoms with E-state index in [4.69, 9.17) is 16.2 Å². The number of aromatic nitrogens is 1. The summed E-state index contributed by atoms with van der Waals surface area (Å²) in [5.41, 5.74) is 11.1. The van der Waals surface area contributed by atoms with Crippen molar-refractivity contribution in [2.24, 2.45) is 5.73 Å². The van der Waals surface area contributed by atoms with E-state index in [1.54, 1.807) is 0 Å². The van der Waals surface area contributed by atoms with Crippen LogP contribution in [0, 0.1) is 0 Å². The van der Waals surface area contributed by atoms with E-state index in [1.165, 1.54) is 11.5 Å². The van der Waals surface area contributed by atoms with E-state index in [-0.39, 0.29) is 5.82 Å². The molecule has 1 amide bonds. The van der Waals surface area contributed by atoms with Crippen molar-refractivity contribution >= 4 is 28.3 Å². The minimum Gasteiger partial charge on any atom is -0.382 e. The number of rotatable bonds is 3. The number of nitrogens with two attached hydrogens (primary N) is 2. The fourth-order valence-electron chi connectivity index (χ4n) is 1.67. The minimum atomic E-state index is -0.541.